The molecule has 2 aliphatic heterocycles. The molecule has 4 rings (SSSR count). The Hall–Kier alpha value is -3.46. The first-order valence-electron chi connectivity index (χ1n) is 10.7. The predicted octanol–water partition coefficient (Wildman–Crippen LogP) is 1.64. The Balaban J connectivity index is 1.25. The van der Waals surface area contributed by atoms with Gasteiger partial charge in [0.1, 0.15) is 11.8 Å². The molecule has 2 aliphatic rings. The number of carbonyl (C=O) groups is 3. The number of pyridine rings is 1. The Kier molecular flexibility index (Phi) is 6.65. The number of hydrogen-bond acceptors (Lipinski definition) is 6. The molecular weight excluding hydrogens is 410 g/mol. The van der Waals surface area contributed by atoms with E-state index in [-0.39, 0.29) is 24.7 Å². The van der Waals surface area contributed by atoms with E-state index in [4.69, 9.17) is 4.74 Å². The van der Waals surface area contributed by atoms with Gasteiger partial charge >= 0.3 is 6.03 Å². The second kappa shape index (κ2) is 9.78. The molecule has 1 N–H and O–H groups in total. The monoisotopic (exact) mass is 437 g/mol. The second-order valence-electron chi connectivity index (χ2n) is 7.93. The van der Waals surface area contributed by atoms with Gasteiger partial charge in [-0.3, -0.25) is 19.5 Å². The zero-order valence-electron chi connectivity index (χ0n) is 18.1. The summed E-state index contributed by atoms with van der Waals surface area (Å²) in [6, 6.07) is 9.52. The highest BCUT2D eigenvalue weighted by molar-refractivity contribution is 6.21. The average Bonchev–Trinajstić information content (AvgIpc) is 3.11. The minimum atomic E-state index is -0.694. The number of imide groups is 1. The maximum Gasteiger partial charge on any atom is 0.329 e. The maximum absolute atomic E-state index is 12.8. The van der Waals surface area contributed by atoms with Crippen molar-refractivity contribution in [3.63, 3.8) is 0 Å². The van der Waals surface area contributed by atoms with Crippen LogP contribution < -0.4 is 15.0 Å². The van der Waals surface area contributed by atoms with Crippen LogP contribution in [0.2, 0.25) is 0 Å². The minimum Gasteiger partial charge on any atom is -0.497 e. The van der Waals surface area contributed by atoms with Gasteiger partial charge < -0.3 is 15.0 Å². The number of ether oxygens (including phenoxy) is 1. The van der Waals surface area contributed by atoms with E-state index >= 15 is 0 Å². The molecule has 2 saturated heterocycles. The van der Waals surface area contributed by atoms with E-state index in [1.807, 2.05) is 23.2 Å². The van der Waals surface area contributed by atoms with Crippen LogP contribution in [-0.2, 0) is 16.1 Å². The number of amides is 4. The van der Waals surface area contributed by atoms with Crippen molar-refractivity contribution >= 4 is 23.5 Å². The summed E-state index contributed by atoms with van der Waals surface area (Å²) in [4.78, 5) is 47.2. The summed E-state index contributed by atoms with van der Waals surface area (Å²) >= 11 is 0. The number of piperazine rings is 1. The van der Waals surface area contributed by atoms with Crippen LogP contribution in [0.25, 0.3) is 0 Å². The van der Waals surface area contributed by atoms with Gasteiger partial charge in [-0.05, 0) is 42.3 Å². The molecule has 0 aliphatic carbocycles. The zero-order valence-corrected chi connectivity index (χ0v) is 18.1. The van der Waals surface area contributed by atoms with E-state index in [9.17, 15) is 14.4 Å². The molecule has 2 aromatic rings. The summed E-state index contributed by atoms with van der Waals surface area (Å²) in [6.07, 6.45) is 4.12. The lowest BCUT2D eigenvalue weighted by Gasteiger charge is -2.34. The molecule has 168 valence electrons. The van der Waals surface area contributed by atoms with E-state index in [0.29, 0.717) is 24.5 Å². The fraction of sp³-hybridized carbons (Fsp3) is 0.391. The van der Waals surface area contributed by atoms with Crippen LogP contribution in [0.3, 0.4) is 0 Å². The number of benzene rings is 1. The van der Waals surface area contributed by atoms with E-state index in [2.05, 4.69) is 15.2 Å². The highest BCUT2D eigenvalue weighted by Gasteiger charge is 2.39. The summed E-state index contributed by atoms with van der Waals surface area (Å²) in [5.74, 6) is 0.314. The van der Waals surface area contributed by atoms with Gasteiger partial charge in [0, 0.05) is 51.5 Å². The van der Waals surface area contributed by atoms with E-state index in [1.54, 1.807) is 37.6 Å². The predicted molar refractivity (Wildman–Crippen MR) is 118 cm³/mol. The number of urea groups is 1. The quantitative estimate of drug-likeness (QED) is 0.662. The second-order valence-corrected chi connectivity index (χ2v) is 7.93. The van der Waals surface area contributed by atoms with Crippen molar-refractivity contribution in [2.75, 3.05) is 38.2 Å². The van der Waals surface area contributed by atoms with Crippen LogP contribution in [0, 0.1) is 0 Å². The highest BCUT2D eigenvalue weighted by Crippen LogP contribution is 2.24. The molecule has 4 amide bonds. The number of anilines is 1. The molecule has 1 atom stereocenters. The van der Waals surface area contributed by atoms with Crippen LogP contribution >= 0.6 is 0 Å². The van der Waals surface area contributed by atoms with Gasteiger partial charge in [-0.1, -0.05) is 6.07 Å². The van der Waals surface area contributed by atoms with Crippen molar-refractivity contribution in [1.29, 1.82) is 0 Å². The minimum absolute atomic E-state index is 0.0102. The topological polar surface area (TPSA) is 95.1 Å². The number of nitrogens with zero attached hydrogens (tertiary/aromatic N) is 4. The lowest BCUT2D eigenvalue weighted by atomic mass is 10.1. The maximum atomic E-state index is 12.8. The number of aromatic nitrogens is 1. The van der Waals surface area contributed by atoms with E-state index in [1.165, 1.54) is 0 Å². The lowest BCUT2D eigenvalue weighted by molar-refractivity contribution is -0.133. The molecule has 3 heterocycles. The van der Waals surface area contributed by atoms with Crippen LogP contribution in [0.4, 0.5) is 10.5 Å². The Bertz CT molecular complexity index is 958. The third-order valence-electron chi connectivity index (χ3n) is 5.85. The summed E-state index contributed by atoms with van der Waals surface area (Å²) in [5, 5.41) is 2.69. The van der Waals surface area contributed by atoms with Crippen LogP contribution in [-0.4, -0.2) is 72.0 Å². The van der Waals surface area contributed by atoms with Crippen molar-refractivity contribution in [3.05, 3.63) is 54.4 Å². The third kappa shape index (κ3) is 4.88. The zero-order chi connectivity index (χ0) is 22.5. The Morgan fingerprint density at radius 2 is 1.88 bits per heavy atom. The molecule has 9 heteroatoms. The number of carbonyl (C=O) groups excluding carboxylic acids is 3. The van der Waals surface area contributed by atoms with Crippen LogP contribution in [0.15, 0.2) is 48.8 Å². The Morgan fingerprint density at radius 1 is 1.12 bits per heavy atom. The lowest BCUT2D eigenvalue weighted by Crippen LogP contribution is -2.48. The van der Waals surface area contributed by atoms with Gasteiger partial charge in [-0.25, -0.2) is 9.69 Å². The Labute approximate surface area is 187 Å². The van der Waals surface area contributed by atoms with Crippen LogP contribution in [0.1, 0.15) is 18.4 Å². The molecule has 0 unspecified atom stereocenters. The highest BCUT2D eigenvalue weighted by atomic mass is 16.5. The molecule has 0 radical (unpaired) electrons. The number of nitrogens with one attached hydrogen (secondary N) is 1. The van der Waals surface area contributed by atoms with Crippen molar-refractivity contribution in [2.45, 2.75) is 25.4 Å². The van der Waals surface area contributed by atoms with Crippen LogP contribution in [0.5, 0.6) is 5.75 Å². The summed E-state index contributed by atoms with van der Waals surface area (Å²) < 4.78 is 5.11. The fourth-order valence-corrected chi connectivity index (χ4v) is 4.03. The number of hydrogen-bond donors (Lipinski definition) is 1. The largest absolute Gasteiger partial charge is 0.497 e. The van der Waals surface area contributed by atoms with Gasteiger partial charge in [0.05, 0.1) is 12.8 Å². The normalized spacial score (nSPS) is 19.2. The summed E-state index contributed by atoms with van der Waals surface area (Å²) in [5.41, 5.74) is 1.64. The smallest absolute Gasteiger partial charge is 0.329 e. The number of rotatable bonds is 7. The van der Waals surface area contributed by atoms with Gasteiger partial charge in [0.2, 0.25) is 5.91 Å². The molecule has 0 saturated carbocycles. The first kappa shape index (κ1) is 21.8. The number of methoxy groups -OCH3 is 1. The summed E-state index contributed by atoms with van der Waals surface area (Å²) in [7, 11) is 1.55. The molecule has 32 heavy (non-hydrogen) atoms. The fourth-order valence-electron chi connectivity index (χ4n) is 4.03. The average molecular weight is 438 g/mol. The van der Waals surface area contributed by atoms with Crippen molar-refractivity contribution in [1.82, 2.24) is 20.1 Å². The van der Waals surface area contributed by atoms with Crippen molar-refractivity contribution in [2.24, 2.45) is 0 Å². The SMILES string of the molecule is COc1ccc(N2C(=O)N[C@@H](CCC(=O)N3CCN(Cc4cccnc4)CC3)C2=O)cc1. The standard InChI is InChI=1S/C23H27N5O4/c1-32-19-6-4-18(5-7-19)28-22(30)20(25-23(28)31)8-9-21(29)27-13-11-26(12-14-27)16-17-3-2-10-24-15-17/h2-7,10,15,20H,8-9,11-14,16H2,1H3,(H,25,31)/t20-/m0/s1. The Morgan fingerprint density at radius 3 is 2.53 bits per heavy atom. The molecule has 0 spiro atoms. The van der Waals surface area contributed by atoms with Gasteiger partial charge in [0.25, 0.3) is 5.91 Å². The molecule has 1 aromatic heterocycles. The van der Waals surface area contributed by atoms with Gasteiger partial charge in [0.15, 0.2) is 0 Å². The van der Waals surface area contributed by atoms with E-state index in [0.717, 1.165) is 30.1 Å². The molecule has 0 bridgehead atoms. The van der Waals surface area contributed by atoms with Crippen molar-refractivity contribution < 1.29 is 19.1 Å². The third-order valence-corrected chi connectivity index (χ3v) is 5.85. The van der Waals surface area contributed by atoms with E-state index < -0.39 is 12.1 Å². The molecule has 9 nitrogen and oxygen atoms in total. The molecule has 1 aromatic carbocycles. The first-order valence-corrected chi connectivity index (χ1v) is 10.7. The molecular formula is C23H27N5O4. The van der Waals surface area contributed by atoms with Gasteiger partial charge in [-0.15, -0.1) is 0 Å². The van der Waals surface area contributed by atoms with Crippen molar-refractivity contribution in [3.8, 4) is 5.75 Å². The molecule has 2 fully saturated rings. The van der Waals surface area contributed by atoms with Gasteiger partial charge in [-0.2, -0.15) is 0 Å². The summed E-state index contributed by atoms with van der Waals surface area (Å²) in [6.45, 7) is 3.72. The first-order chi connectivity index (χ1) is 15.5.